The Morgan fingerprint density at radius 1 is 0.620 bits per heavy atom. The minimum atomic E-state index is -0.896. The molecule has 2 saturated heterocycles. The van der Waals surface area contributed by atoms with Crippen molar-refractivity contribution in [2.75, 3.05) is 79.2 Å². The molecule has 4 heterocycles. The normalized spacial score (nSPS) is 14.8. The number of carboxylic acid groups (broad SMARTS) is 1. The number of thioether (sulfide) groups is 2. The highest BCUT2D eigenvalue weighted by molar-refractivity contribution is 8.00. The van der Waals surface area contributed by atoms with Gasteiger partial charge in [-0.25, -0.2) is 19.9 Å². The number of carbonyl (C=O) groups excluding carboxylic acids is 3. The van der Waals surface area contributed by atoms with Crippen LogP contribution >= 0.6 is 35.1 Å². The lowest BCUT2D eigenvalue weighted by molar-refractivity contribution is -0.134. The molecule has 17 nitrogen and oxygen atoms in total. The first-order valence-corrected chi connectivity index (χ1v) is 28.5. The van der Waals surface area contributed by atoms with E-state index in [-0.39, 0.29) is 35.1 Å². The summed E-state index contributed by atoms with van der Waals surface area (Å²) >= 11 is 8.22. The van der Waals surface area contributed by atoms with E-state index in [4.69, 9.17) is 41.4 Å². The summed E-state index contributed by atoms with van der Waals surface area (Å²) in [5, 5.41) is 13.3. The van der Waals surface area contributed by atoms with Gasteiger partial charge in [0.15, 0.2) is 33.3 Å². The summed E-state index contributed by atoms with van der Waals surface area (Å²) in [5.41, 5.74) is 12.7. The number of aryl methyl sites for hydroxylation is 3. The molecule has 2 aliphatic rings. The minimum absolute atomic E-state index is 0.0598. The Morgan fingerprint density at radius 3 is 1.52 bits per heavy atom. The number of benzene rings is 4. The summed E-state index contributed by atoms with van der Waals surface area (Å²) in [6.07, 6.45) is 13.6. The summed E-state index contributed by atoms with van der Waals surface area (Å²) < 4.78 is 21.1. The molecular formula is C59H71ClN8O9S2. The van der Waals surface area contributed by atoms with Crippen molar-refractivity contribution in [1.82, 2.24) is 35.1 Å². The average molecular weight is 1140 g/mol. The van der Waals surface area contributed by atoms with Crippen LogP contribution in [0.15, 0.2) is 120 Å². The predicted molar refractivity (Wildman–Crippen MR) is 310 cm³/mol. The van der Waals surface area contributed by atoms with Gasteiger partial charge in [-0.3, -0.25) is 19.2 Å². The number of likely N-dealkylation sites (tertiary alicyclic amines) is 2. The van der Waals surface area contributed by atoms with E-state index in [2.05, 4.69) is 56.4 Å². The number of rotatable bonds is 21. The van der Waals surface area contributed by atoms with Crippen LogP contribution in [0.2, 0.25) is 5.02 Å². The van der Waals surface area contributed by atoms with Gasteiger partial charge in [0.2, 0.25) is 17.7 Å². The van der Waals surface area contributed by atoms with Crippen LogP contribution < -0.4 is 30.0 Å². The van der Waals surface area contributed by atoms with Crippen LogP contribution in [0.4, 0.5) is 0 Å². The van der Waals surface area contributed by atoms with Gasteiger partial charge in [0.1, 0.15) is 0 Å². The van der Waals surface area contributed by atoms with Crippen molar-refractivity contribution >= 4 is 58.8 Å². The standard InChI is InChI=1S/C30H36N4O4S.C15H21ClN2O.C14H14N2O4S/c1-21-6-8-22(9-7-21)10-13-29(36)34-14-4-5-23(19-34)16-31-28(35)20-39-30-32-17-25(18-33-30)24-11-12-26(37-2)27(15-24)38-3;16-14-6-3-12(4-7-14)5-8-15(19)18-9-1-2-13(10-17)11-18;1-19-11-4-3-9(5-12(11)20-2)10-6-15-14(16-7-10)21-8-13(17)18/h6-9,11-12,15,17-18,23H,4-5,10,13-14,16,19-20H2,1-3H3,(H,31,35);3-4,6-7,13H,1-2,5,8-11,17H2;3-7H,8H2,1-2H3,(H,17,18). The molecule has 8 rings (SSSR count). The Balaban J connectivity index is 0.000000212. The number of nitrogens with two attached hydrogens (primary N) is 1. The summed E-state index contributed by atoms with van der Waals surface area (Å²) in [5.74, 6) is 2.98. The quantitative estimate of drug-likeness (QED) is 0.0451. The third-order valence-corrected chi connectivity index (χ3v) is 15.3. The number of amides is 3. The van der Waals surface area contributed by atoms with Crippen LogP contribution in [0, 0.1) is 18.8 Å². The lowest BCUT2D eigenvalue weighted by atomic mass is 9.97. The average Bonchev–Trinajstić information content (AvgIpc) is 3.49. The van der Waals surface area contributed by atoms with E-state index < -0.39 is 5.97 Å². The van der Waals surface area contributed by atoms with Gasteiger partial charge in [-0.05, 0) is 122 Å². The predicted octanol–water partition coefficient (Wildman–Crippen LogP) is 9.36. The van der Waals surface area contributed by atoms with Crippen molar-refractivity contribution in [1.29, 1.82) is 0 Å². The molecule has 0 saturated carbocycles. The first kappa shape index (κ1) is 61.3. The van der Waals surface area contributed by atoms with Gasteiger partial charge >= 0.3 is 5.97 Å². The fourth-order valence-electron chi connectivity index (χ4n) is 8.84. The van der Waals surface area contributed by atoms with Crippen molar-refractivity contribution in [3.8, 4) is 45.3 Å². The minimum Gasteiger partial charge on any atom is -0.493 e. The Labute approximate surface area is 476 Å². The topological polar surface area (TPSA) is 222 Å². The van der Waals surface area contributed by atoms with Gasteiger partial charge in [-0.15, -0.1) is 0 Å². The maximum absolute atomic E-state index is 12.8. The van der Waals surface area contributed by atoms with Gasteiger partial charge in [0.05, 0.1) is 39.9 Å². The Kier molecular flexibility index (Phi) is 25.0. The summed E-state index contributed by atoms with van der Waals surface area (Å²) in [4.78, 5) is 68.9. The van der Waals surface area contributed by atoms with Crippen LogP contribution in [0.25, 0.3) is 22.3 Å². The van der Waals surface area contributed by atoms with Gasteiger partial charge in [0, 0.05) is 86.5 Å². The number of aromatic nitrogens is 4. The molecule has 2 aliphatic heterocycles. The molecule has 0 bridgehead atoms. The molecule has 3 amide bonds. The fraction of sp³-hybridized carbons (Fsp3) is 0.390. The fourth-order valence-corrected chi connectivity index (χ4v) is 10.1. The number of hydrogen-bond acceptors (Lipinski definition) is 15. The lowest BCUT2D eigenvalue weighted by Crippen LogP contribution is -2.44. The van der Waals surface area contributed by atoms with E-state index in [0.717, 1.165) is 103 Å². The zero-order chi connectivity index (χ0) is 56.5. The molecule has 420 valence electrons. The van der Waals surface area contributed by atoms with Crippen molar-refractivity contribution in [2.24, 2.45) is 17.6 Å². The number of ether oxygens (including phenoxy) is 4. The van der Waals surface area contributed by atoms with E-state index in [1.807, 2.05) is 64.4 Å². The van der Waals surface area contributed by atoms with E-state index in [0.29, 0.717) is 71.7 Å². The lowest BCUT2D eigenvalue weighted by Gasteiger charge is -2.33. The number of carboxylic acids is 1. The van der Waals surface area contributed by atoms with E-state index in [1.165, 1.54) is 22.9 Å². The number of piperidine rings is 2. The highest BCUT2D eigenvalue weighted by Gasteiger charge is 2.25. The Hall–Kier alpha value is -6.93. The van der Waals surface area contributed by atoms with Crippen molar-refractivity contribution < 1.29 is 43.2 Å². The monoisotopic (exact) mass is 1130 g/mol. The first-order chi connectivity index (χ1) is 38.3. The summed E-state index contributed by atoms with van der Waals surface area (Å²) in [6, 6.07) is 27.2. The maximum Gasteiger partial charge on any atom is 0.313 e. The van der Waals surface area contributed by atoms with Crippen molar-refractivity contribution in [2.45, 2.75) is 68.6 Å². The molecule has 0 radical (unpaired) electrons. The number of methoxy groups -OCH3 is 4. The number of aliphatic carboxylic acids is 1. The molecule has 6 aromatic rings. The number of halogens is 1. The summed E-state index contributed by atoms with van der Waals surface area (Å²) in [6.45, 7) is 6.52. The van der Waals surface area contributed by atoms with E-state index >= 15 is 0 Å². The SMILES string of the molecule is COc1ccc(-c2cnc(SCC(=O)NCC3CCCN(C(=O)CCc4ccc(C)cc4)C3)nc2)cc1OC.COc1ccc(-c2cnc(SCC(=O)O)nc2)cc1OC.NCC1CCCN(C(=O)CCc2ccc(Cl)cc2)C1. The molecule has 0 spiro atoms. The van der Waals surface area contributed by atoms with Crippen LogP contribution in [0.5, 0.6) is 23.0 Å². The third kappa shape index (κ3) is 20.0. The molecule has 2 unspecified atom stereocenters. The van der Waals surface area contributed by atoms with Gasteiger partial charge in [-0.2, -0.15) is 0 Å². The van der Waals surface area contributed by atoms with Crippen molar-refractivity contribution in [3.05, 3.63) is 131 Å². The first-order valence-electron chi connectivity index (χ1n) is 26.2. The molecule has 2 fully saturated rings. The molecule has 4 aromatic carbocycles. The number of nitrogens with zero attached hydrogens (tertiary/aromatic N) is 6. The zero-order valence-corrected chi connectivity index (χ0v) is 47.9. The molecule has 2 atom stereocenters. The Bertz CT molecular complexity index is 2890. The largest absolute Gasteiger partial charge is 0.493 e. The van der Waals surface area contributed by atoms with Crippen molar-refractivity contribution in [3.63, 3.8) is 0 Å². The van der Waals surface area contributed by atoms with Gasteiger partial charge in [0.25, 0.3) is 0 Å². The molecule has 79 heavy (non-hydrogen) atoms. The van der Waals surface area contributed by atoms with Crippen LogP contribution in [0.1, 0.15) is 55.2 Å². The van der Waals surface area contributed by atoms with Gasteiger partial charge in [-0.1, -0.05) is 89.2 Å². The molecule has 4 N–H and O–H groups in total. The van der Waals surface area contributed by atoms with Gasteiger partial charge < -0.3 is 44.9 Å². The highest BCUT2D eigenvalue weighted by atomic mass is 35.5. The zero-order valence-electron chi connectivity index (χ0n) is 45.5. The molecular weight excluding hydrogens is 1060 g/mol. The maximum atomic E-state index is 12.8. The Morgan fingerprint density at radius 2 is 1.06 bits per heavy atom. The smallest absolute Gasteiger partial charge is 0.313 e. The number of hydrogen-bond donors (Lipinski definition) is 3. The number of carbonyl (C=O) groups is 4. The van der Waals surface area contributed by atoms with Crippen LogP contribution in [-0.4, -0.2) is 138 Å². The second kappa shape index (κ2) is 32.2. The third-order valence-electron chi connectivity index (χ3n) is 13.3. The van der Waals surface area contributed by atoms with E-state index in [1.54, 1.807) is 59.3 Å². The second-order valence-electron chi connectivity index (χ2n) is 19.0. The van der Waals surface area contributed by atoms with E-state index in [9.17, 15) is 19.2 Å². The second-order valence-corrected chi connectivity index (χ2v) is 21.3. The number of nitrogens with one attached hydrogen (secondary N) is 1. The summed E-state index contributed by atoms with van der Waals surface area (Å²) in [7, 11) is 6.35. The molecule has 20 heteroatoms. The van der Waals surface area contributed by atoms with Crippen LogP contribution in [0.3, 0.4) is 0 Å². The molecule has 0 aliphatic carbocycles. The van der Waals surface area contributed by atoms with Crippen LogP contribution in [-0.2, 0) is 32.0 Å². The molecule has 2 aromatic heterocycles. The highest BCUT2D eigenvalue weighted by Crippen LogP contribution is 2.34.